The van der Waals surface area contributed by atoms with Crippen LogP contribution in [0.2, 0.25) is 0 Å². The Bertz CT molecular complexity index is 615. The second-order valence-corrected chi connectivity index (χ2v) is 7.43. The molecule has 0 spiro atoms. The first-order chi connectivity index (χ1) is 9.40. The van der Waals surface area contributed by atoms with Crippen molar-refractivity contribution in [2.45, 2.75) is 11.3 Å². The third kappa shape index (κ3) is 3.68. The number of sulfonamides is 1. The Hall–Kier alpha value is -0.410. The van der Waals surface area contributed by atoms with E-state index in [0.717, 1.165) is 12.5 Å². The number of rotatable bonds is 4. The molecule has 0 saturated carbocycles. The number of hydrogen-bond acceptors (Lipinski definition) is 4. The van der Waals surface area contributed by atoms with Gasteiger partial charge in [0.25, 0.3) is 0 Å². The molecule has 2 N–H and O–H groups in total. The fourth-order valence-corrected chi connectivity index (χ4v) is 4.22. The van der Waals surface area contributed by atoms with Crippen LogP contribution in [0.5, 0.6) is 5.75 Å². The molecule has 0 aliphatic carbocycles. The minimum absolute atomic E-state index is 0. The van der Waals surface area contributed by atoms with Gasteiger partial charge in [0.15, 0.2) is 0 Å². The van der Waals surface area contributed by atoms with E-state index in [2.05, 4.69) is 15.9 Å². The zero-order valence-corrected chi connectivity index (χ0v) is 14.6. The molecule has 1 aliphatic rings. The highest BCUT2D eigenvalue weighted by atomic mass is 79.9. The first kappa shape index (κ1) is 18.6. The average molecular weight is 404 g/mol. The van der Waals surface area contributed by atoms with Gasteiger partial charge in [-0.05, 0) is 46.9 Å². The second-order valence-electron chi connectivity index (χ2n) is 4.67. The SMILES string of the molecule is COc1cc(Br)c(F)cc1S(=O)(=O)N1CCC(CN)C1.Cl. The molecular formula is C12H17BrClFN2O3S. The number of nitrogens with zero attached hydrogens (tertiary/aromatic N) is 1. The molecule has 1 fully saturated rings. The van der Waals surface area contributed by atoms with Crippen molar-refractivity contribution < 1.29 is 17.5 Å². The Kier molecular flexibility index (Phi) is 6.42. The lowest BCUT2D eigenvalue weighted by atomic mass is 10.1. The van der Waals surface area contributed by atoms with Gasteiger partial charge < -0.3 is 10.5 Å². The molecule has 0 bridgehead atoms. The summed E-state index contributed by atoms with van der Waals surface area (Å²) in [6.45, 7) is 1.20. The van der Waals surface area contributed by atoms with Crippen LogP contribution in [0.15, 0.2) is 21.5 Å². The van der Waals surface area contributed by atoms with Gasteiger partial charge in [-0.1, -0.05) is 0 Å². The Balaban J connectivity index is 0.00000220. The number of methoxy groups -OCH3 is 1. The lowest BCUT2D eigenvalue weighted by Gasteiger charge is -2.18. The highest BCUT2D eigenvalue weighted by Gasteiger charge is 2.34. The third-order valence-corrected chi connectivity index (χ3v) is 5.90. The molecule has 5 nitrogen and oxygen atoms in total. The zero-order chi connectivity index (χ0) is 14.9. The van der Waals surface area contributed by atoms with Crippen molar-refractivity contribution in [1.82, 2.24) is 4.31 Å². The van der Waals surface area contributed by atoms with Gasteiger partial charge in [0.1, 0.15) is 16.5 Å². The molecule has 0 aromatic heterocycles. The fourth-order valence-electron chi connectivity index (χ4n) is 2.22. The van der Waals surface area contributed by atoms with Crippen LogP contribution < -0.4 is 10.5 Å². The van der Waals surface area contributed by atoms with E-state index in [1.54, 1.807) is 0 Å². The van der Waals surface area contributed by atoms with Crippen molar-refractivity contribution in [2.75, 3.05) is 26.7 Å². The summed E-state index contributed by atoms with van der Waals surface area (Å²) in [5, 5.41) is 0. The van der Waals surface area contributed by atoms with Crippen molar-refractivity contribution in [1.29, 1.82) is 0 Å². The van der Waals surface area contributed by atoms with E-state index in [-0.39, 0.29) is 33.4 Å². The largest absolute Gasteiger partial charge is 0.495 e. The maximum absolute atomic E-state index is 13.7. The quantitative estimate of drug-likeness (QED) is 0.834. The molecule has 1 aliphatic heterocycles. The summed E-state index contributed by atoms with van der Waals surface area (Å²) in [4.78, 5) is -0.154. The minimum Gasteiger partial charge on any atom is -0.495 e. The number of halogens is 3. The zero-order valence-electron chi connectivity index (χ0n) is 11.4. The number of nitrogens with two attached hydrogens (primary N) is 1. The van der Waals surface area contributed by atoms with E-state index in [9.17, 15) is 12.8 Å². The third-order valence-electron chi connectivity index (χ3n) is 3.41. The Morgan fingerprint density at radius 2 is 2.19 bits per heavy atom. The molecule has 1 unspecified atom stereocenters. The topological polar surface area (TPSA) is 72.6 Å². The summed E-state index contributed by atoms with van der Waals surface area (Å²) in [6.07, 6.45) is 0.719. The molecule has 1 saturated heterocycles. The summed E-state index contributed by atoms with van der Waals surface area (Å²) in [5.41, 5.74) is 5.57. The molecule has 9 heteroatoms. The van der Waals surface area contributed by atoms with E-state index < -0.39 is 15.8 Å². The van der Waals surface area contributed by atoms with Gasteiger partial charge in [0, 0.05) is 13.1 Å². The molecule has 0 amide bonds. The summed E-state index contributed by atoms with van der Waals surface area (Å²) in [7, 11) is -2.42. The van der Waals surface area contributed by atoms with Crippen LogP contribution in [-0.2, 0) is 10.0 Å². The van der Waals surface area contributed by atoms with Crippen molar-refractivity contribution >= 4 is 38.4 Å². The molecular weight excluding hydrogens is 387 g/mol. The second kappa shape index (κ2) is 7.23. The first-order valence-electron chi connectivity index (χ1n) is 6.13. The fraction of sp³-hybridized carbons (Fsp3) is 0.500. The van der Waals surface area contributed by atoms with Gasteiger partial charge in [0.2, 0.25) is 10.0 Å². The van der Waals surface area contributed by atoms with Crippen LogP contribution in [0.4, 0.5) is 4.39 Å². The predicted molar refractivity (Wildman–Crippen MR) is 83.8 cm³/mol. The normalized spacial score (nSPS) is 19.3. The highest BCUT2D eigenvalue weighted by molar-refractivity contribution is 9.10. The van der Waals surface area contributed by atoms with Crippen LogP contribution in [0.1, 0.15) is 6.42 Å². The summed E-state index contributed by atoms with van der Waals surface area (Å²) < 4.78 is 45.3. The van der Waals surface area contributed by atoms with E-state index in [0.29, 0.717) is 19.6 Å². The predicted octanol–water partition coefficient (Wildman–Crippen LogP) is 1.99. The first-order valence-corrected chi connectivity index (χ1v) is 8.36. The number of hydrogen-bond donors (Lipinski definition) is 1. The van der Waals surface area contributed by atoms with Crippen molar-refractivity contribution in [3.05, 3.63) is 22.4 Å². The van der Waals surface area contributed by atoms with Crippen LogP contribution in [0.25, 0.3) is 0 Å². The smallest absolute Gasteiger partial charge is 0.246 e. The van der Waals surface area contributed by atoms with Crippen LogP contribution in [0.3, 0.4) is 0 Å². The molecule has 0 radical (unpaired) electrons. The summed E-state index contributed by atoms with van der Waals surface area (Å²) in [5.74, 6) is -0.371. The highest BCUT2D eigenvalue weighted by Crippen LogP contribution is 2.33. The van der Waals surface area contributed by atoms with Crippen molar-refractivity contribution in [3.8, 4) is 5.75 Å². The lowest BCUT2D eigenvalue weighted by molar-refractivity contribution is 0.395. The maximum Gasteiger partial charge on any atom is 0.246 e. The van der Waals surface area contributed by atoms with Crippen molar-refractivity contribution in [2.24, 2.45) is 11.7 Å². The number of ether oxygens (including phenoxy) is 1. The Morgan fingerprint density at radius 1 is 1.52 bits per heavy atom. The molecule has 1 aromatic rings. The van der Waals surface area contributed by atoms with Gasteiger partial charge >= 0.3 is 0 Å². The standard InChI is InChI=1S/C12H16BrFN2O3S.ClH/c1-19-11-4-9(13)10(14)5-12(11)20(17,18)16-3-2-8(6-15)7-16;/h4-5,8H,2-3,6-7,15H2,1H3;1H. The van der Waals surface area contributed by atoms with Crippen LogP contribution in [-0.4, -0.2) is 39.5 Å². The number of benzene rings is 1. The van der Waals surface area contributed by atoms with Crippen LogP contribution in [0, 0.1) is 11.7 Å². The van der Waals surface area contributed by atoms with Gasteiger partial charge in [-0.3, -0.25) is 0 Å². The Labute approximate surface area is 138 Å². The van der Waals surface area contributed by atoms with E-state index >= 15 is 0 Å². The van der Waals surface area contributed by atoms with Gasteiger partial charge in [-0.25, -0.2) is 12.8 Å². The van der Waals surface area contributed by atoms with Gasteiger partial charge in [-0.15, -0.1) is 12.4 Å². The average Bonchev–Trinajstić information content (AvgIpc) is 2.90. The molecule has 120 valence electrons. The van der Waals surface area contributed by atoms with E-state index in [1.807, 2.05) is 0 Å². The molecule has 1 heterocycles. The van der Waals surface area contributed by atoms with Crippen LogP contribution >= 0.6 is 28.3 Å². The van der Waals surface area contributed by atoms with Gasteiger partial charge in [-0.2, -0.15) is 4.31 Å². The molecule has 2 rings (SSSR count). The summed E-state index contributed by atoms with van der Waals surface area (Å²) >= 11 is 3.01. The van der Waals surface area contributed by atoms with Crippen molar-refractivity contribution in [3.63, 3.8) is 0 Å². The Morgan fingerprint density at radius 3 is 2.71 bits per heavy atom. The molecule has 1 atom stereocenters. The lowest BCUT2D eigenvalue weighted by Crippen LogP contribution is -2.30. The van der Waals surface area contributed by atoms with E-state index in [1.165, 1.54) is 17.5 Å². The van der Waals surface area contributed by atoms with Gasteiger partial charge in [0.05, 0.1) is 11.6 Å². The maximum atomic E-state index is 13.7. The summed E-state index contributed by atoms with van der Waals surface area (Å²) in [6, 6.07) is 2.30. The van der Waals surface area contributed by atoms with E-state index in [4.69, 9.17) is 10.5 Å². The monoisotopic (exact) mass is 402 g/mol. The molecule has 1 aromatic carbocycles. The minimum atomic E-state index is -3.77. The molecule has 21 heavy (non-hydrogen) atoms.